The molecule has 1 aliphatic carbocycles. The second-order valence-corrected chi connectivity index (χ2v) is 9.19. The van der Waals surface area contributed by atoms with E-state index in [4.69, 9.17) is 14.5 Å². The summed E-state index contributed by atoms with van der Waals surface area (Å²) in [5.74, 6) is -1.15. The maximum atomic E-state index is 13.2. The molecule has 0 bridgehead atoms. The Morgan fingerprint density at radius 1 is 1.24 bits per heavy atom. The second-order valence-electron chi connectivity index (χ2n) is 9.19. The van der Waals surface area contributed by atoms with Crippen LogP contribution in [0.1, 0.15) is 57.9 Å². The van der Waals surface area contributed by atoms with Crippen molar-refractivity contribution in [3.63, 3.8) is 0 Å². The molecule has 0 radical (unpaired) electrons. The third-order valence-corrected chi connectivity index (χ3v) is 6.15. The largest absolute Gasteiger partial charge is 0.462 e. The number of benzene rings is 1. The van der Waals surface area contributed by atoms with Crippen LogP contribution in [0, 0.1) is 11.3 Å². The third kappa shape index (κ3) is 4.06. The van der Waals surface area contributed by atoms with E-state index in [0.29, 0.717) is 12.0 Å². The Hall–Kier alpha value is -2.27. The molecule has 2 heterocycles. The van der Waals surface area contributed by atoms with Crippen molar-refractivity contribution >= 4 is 17.5 Å². The van der Waals surface area contributed by atoms with Crippen molar-refractivity contribution in [2.24, 2.45) is 16.3 Å². The van der Waals surface area contributed by atoms with Crippen LogP contribution >= 0.6 is 0 Å². The highest BCUT2D eigenvalue weighted by Crippen LogP contribution is 2.47. The molecule has 1 unspecified atom stereocenters. The zero-order chi connectivity index (χ0) is 20.6. The first-order valence-corrected chi connectivity index (χ1v) is 10.5. The van der Waals surface area contributed by atoms with Crippen LogP contribution in [0.25, 0.3) is 0 Å². The molecule has 1 saturated heterocycles. The molecular formula is C24H29NO4. The van der Waals surface area contributed by atoms with Crippen molar-refractivity contribution in [2.75, 3.05) is 13.2 Å². The smallest absolute Gasteiger partial charge is 0.315 e. The number of nitrogens with zero attached hydrogens (tertiary/aromatic N) is 1. The average molecular weight is 395 g/mol. The van der Waals surface area contributed by atoms with E-state index in [1.165, 1.54) is 0 Å². The molecule has 0 amide bonds. The Labute approximate surface area is 172 Å². The fourth-order valence-corrected chi connectivity index (χ4v) is 4.81. The molecule has 1 aromatic carbocycles. The first-order chi connectivity index (χ1) is 13.9. The molecule has 3 atom stereocenters. The highest BCUT2D eigenvalue weighted by molar-refractivity contribution is 6.09. The third-order valence-electron chi connectivity index (χ3n) is 6.15. The van der Waals surface area contributed by atoms with E-state index in [9.17, 15) is 9.59 Å². The molecule has 2 aliphatic heterocycles. The minimum Gasteiger partial charge on any atom is -0.462 e. The van der Waals surface area contributed by atoms with Crippen LogP contribution in [0.3, 0.4) is 0 Å². The molecule has 0 aromatic heterocycles. The lowest BCUT2D eigenvalue weighted by molar-refractivity contribution is -0.149. The van der Waals surface area contributed by atoms with E-state index in [2.05, 4.69) is 13.8 Å². The van der Waals surface area contributed by atoms with Gasteiger partial charge in [0.2, 0.25) is 0 Å². The number of rotatable bonds is 4. The number of aliphatic imine (C=N–C) groups is 1. The van der Waals surface area contributed by atoms with E-state index in [0.717, 1.165) is 42.8 Å². The standard InChI is InChI=1S/C24H29NO4/c1-15-20(23(27)29-14-17-10-7-11-28-17)21(16-8-5-4-6-9-16)22-18(25-15)12-24(2,3)13-19(22)26/h4-6,8-9,17,20-21H,7,10-14H2,1-3H3/t17-,20?,21+/m1/s1. The van der Waals surface area contributed by atoms with Gasteiger partial charge in [0.1, 0.15) is 12.5 Å². The summed E-state index contributed by atoms with van der Waals surface area (Å²) in [6.07, 6.45) is 3.10. The van der Waals surface area contributed by atoms with Crippen LogP contribution in [-0.2, 0) is 19.1 Å². The SMILES string of the molecule is CC1=NC2=C(C(=O)CC(C)(C)C2)[C@@H](c2ccccc2)C1C(=O)OC[C@H]1CCCO1. The van der Waals surface area contributed by atoms with Gasteiger partial charge < -0.3 is 9.47 Å². The van der Waals surface area contributed by atoms with Crippen LogP contribution in [0.4, 0.5) is 0 Å². The normalized spacial score (nSPS) is 28.7. The first kappa shape index (κ1) is 20.0. The summed E-state index contributed by atoms with van der Waals surface area (Å²) >= 11 is 0. The van der Waals surface area contributed by atoms with Crippen molar-refractivity contribution in [3.8, 4) is 0 Å². The van der Waals surface area contributed by atoms with Crippen molar-refractivity contribution < 1.29 is 19.1 Å². The second kappa shape index (κ2) is 7.86. The van der Waals surface area contributed by atoms with Crippen molar-refractivity contribution in [1.82, 2.24) is 0 Å². The number of carbonyl (C=O) groups excluding carboxylic acids is 2. The van der Waals surface area contributed by atoms with Crippen LogP contribution in [0.15, 0.2) is 46.6 Å². The highest BCUT2D eigenvalue weighted by atomic mass is 16.6. The molecule has 3 aliphatic rings. The number of ketones is 1. The van der Waals surface area contributed by atoms with Crippen LogP contribution in [0.5, 0.6) is 0 Å². The molecule has 4 rings (SSSR count). The molecule has 1 aromatic rings. The number of carbonyl (C=O) groups is 2. The van der Waals surface area contributed by atoms with E-state index in [-0.39, 0.29) is 35.8 Å². The lowest BCUT2D eigenvalue weighted by atomic mass is 9.67. The van der Waals surface area contributed by atoms with Gasteiger partial charge in [0.05, 0.1) is 6.10 Å². The van der Waals surface area contributed by atoms with Gasteiger partial charge >= 0.3 is 5.97 Å². The van der Waals surface area contributed by atoms with Gasteiger partial charge in [-0.2, -0.15) is 0 Å². The number of esters is 1. The summed E-state index contributed by atoms with van der Waals surface area (Å²) in [6.45, 7) is 7.05. The number of hydrogen-bond acceptors (Lipinski definition) is 5. The van der Waals surface area contributed by atoms with Gasteiger partial charge in [-0.15, -0.1) is 0 Å². The van der Waals surface area contributed by atoms with Gasteiger partial charge in [0, 0.05) is 35.9 Å². The summed E-state index contributed by atoms with van der Waals surface area (Å²) < 4.78 is 11.2. The van der Waals surface area contributed by atoms with Crippen LogP contribution in [0.2, 0.25) is 0 Å². The Kier molecular flexibility index (Phi) is 5.43. The van der Waals surface area contributed by atoms with Crippen molar-refractivity contribution in [3.05, 3.63) is 47.2 Å². The van der Waals surface area contributed by atoms with E-state index >= 15 is 0 Å². The predicted molar refractivity (Wildman–Crippen MR) is 111 cm³/mol. The Morgan fingerprint density at radius 2 is 2.00 bits per heavy atom. The van der Waals surface area contributed by atoms with E-state index < -0.39 is 5.92 Å². The van der Waals surface area contributed by atoms with Gasteiger partial charge in [-0.25, -0.2) is 0 Å². The molecule has 0 N–H and O–H groups in total. The summed E-state index contributed by atoms with van der Waals surface area (Å²) in [5.41, 5.74) is 3.09. The average Bonchev–Trinajstić information content (AvgIpc) is 3.18. The highest BCUT2D eigenvalue weighted by Gasteiger charge is 2.46. The minimum absolute atomic E-state index is 0.0261. The van der Waals surface area contributed by atoms with Crippen molar-refractivity contribution in [1.29, 1.82) is 0 Å². The molecular weight excluding hydrogens is 366 g/mol. The first-order valence-electron chi connectivity index (χ1n) is 10.5. The molecule has 5 nitrogen and oxygen atoms in total. The van der Waals surface area contributed by atoms with Gasteiger partial charge in [0.25, 0.3) is 0 Å². The van der Waals surface area contributed by atoms with Gasteiger partial charge in [-0.05, 0) is 37.2 Å². The maximum absolute atomic E-state index is 13.2. The lowest BCUT2D eigenvalue weighted by Gasteiger charge is -2.39. The quantitative estimate of drug-likeness (QED) is 0.716. The Bertz CT molecular complexity index is 862. The molecule has 0 saturated carbocycles. The molecule has 5 heteroatoms. The van der Waals surface area contributed by atoms with Gasteiger partial charge in [-0.3, -0.25) is 14.6 Å². The molecule has 1 fully saturated rings. The van der Waals surface area contributed by atoms with Crippen LogP contribution in [-0.4, -0.2) is 36.8 Å². The van der Waals surface area contributed by atoms with Crippen molar-refractivity contribution in [2.45, 2.75) is 58.5 Å². The molecule has 29 heavy (non-hydrogen) atoms. The van der Waals surface area contributed by atoms with Crippen LogP contribution < -0.4 is 0 Å². The van der Waals surface area contributed by atoms with E-state index in [1.54, 1.807) is 0 Å². The maximum Gasteiger partial charge on any atom is 0.315 e. The lowest BCUT2D eigenvalue weighted by Crippen LogP contribution is -2.40. The molecule has 154 valence electrons. The van der Waals surface area contributed by atoms with E-state index in [1.807, 2.05) is 37.3 Å². The zero-order valence-electron chi connectivity index (χ0n) is 17.4. The fraction of sp³-hybridized carbons (Fsp3) is 0.542. The monoisotopic (exact) mass is 395 g/mol. The Morgan fingerprint density at radius 3 is 2.69 bits per heavy atom. The Balaban J connectivity index is 1.69. The van der Waals surface area contributed by atoms with Gasteiger partial charge in [0.15, 0.2) is 5.78 Å². The minimum atomic E-state index is -0.581. The number of Topliss-reactive ketones (excluding diaryl/α,β-unsaturated/α-hetero) is 1. The summed E-state index contributed by atoms with van der Waals surface area (Å²) in [7, 11) is 0. The summed E-state index contributed by atoms with van der Waals surface area (Å²) in [6, 6.07) is 9.81. The number of ether oxygens (including phenoxy) is 2. The molecule has 0 spiro atoms. The van der Waals surface area contributed by atoms with Gasteiger partial charge in [-0.1, -0.05) is 44.2 Å². The predicted octanol–water partition coefficient (Wildman–Crippen LogP) is 4.23. The number of hydrogen-bond donors (Lipinski definition) is 0. The number of allylic oxidation sites excluding steroid dienone is 2. The zero-order valence-corrected chi connectivity index (χ0v) is 17.4. The topological polar surface area (TPSA) is 65.0 Å². The summed E-state index contributed by atoms with van der Waals surface area (Å²) in [4.78, 5) is 31.1. The fourth-order valence-electron chi connectivity index (χ4n) is 4.81. The summed E-state index contributed by atoms with van der Waals surface area (Å²) in [5, 5.41) is 0.